The van der Waals surface area contributed by atoms with Crippen molar-refractivity contribution in [2.75, 3.05) is 33.4 Å². The number of sulfonamides is 1. The molecule has 0 spiro atoms. The number of ether oxygens (including phenoxy) is 4. The standard InChI is InChI=1S/C18H23NO8S/c1-12(17(20)24-2)27-18(21)13-5-7-19(8-6-13)28(22,23)14-3-4-15-16(11-14)26-10-9-25-15/h3-4,11-13H,5-10H2,1-2H3. The quantitative estimate of drug-likeness (QED) is 0.657. The first-order valence-corrected chi connectivity index (χ1v) is 10.4. The highest BCUT2D eigenvalue weighted by molar-refractivity contribution is 7.89. The monoisotopic (exact) mass is 413 g/mol. The van der Waals surface area contributed by atoms with Crippen LogP contribution < -0.4 is 9.47 Å². The van der Waals surface area contributed by atoms with Gasteiger partial charge in [-0.15, -0.1) is 0 Å². The lowest BCUT2D eigenvalue weighted by Crippen LogP contribution is -2.41. The Morgan fingerprint density at radius 2 is 1.79 bits per heavy atom. The number of nitrogens with zero attached hydrogens (tertiary/aromatic N) is 1. The van der Waals surface area contributed by atoms with E-state index >= 15 is 0 Å². The molecule has 0 amide bonds. The van der Waals surface area contributed by atoms with Crippen molar-refractivity contribution in [1.82, 2.24) is 4.31 Å². The molecule has 154 valence electrons. The van der Waals surface area contributed by atoms with Gasteiger partial charge in [-0.25, -0.2) is 13.2 Å². The van der Waals surface area contributed by atoms with E-state index in [0.717, 1.165) is 0 Å². The van der Waals surface area contributed by atoms with Gasteiger partial charge >= 0.3 is 11.9 Å². The molecule has 2 aliphatic heterocycles. The van der Waals surface area contributed by atoms with E-state index in [-0.39, 0.29) is 18.0 Å². The molecule has 0 aliphatic carbocycles. The summed E-state index contributed by atoms with van der Waals surface area (Å²) < 4.78 is 47.7. The summed E-state index contributed by atoms with van der Waals surface area (Å²) in [6.45, 7) is 2.60. The summed E-state index contributed by atoms with van der Waals surface area (Å²) in [6, 6.07) is 4.53. The van der Waals surface area contributed by atoms with Crippen LogP contribution in [0.3, 0.4) is 0 Å². The molecular weight excluding hydrogens is 390 g/mol. The molecule has 0 aromatic heterocycles. The van der Waals surface area contributed by atoms with Gasteiger partial charge in [0, 0.05) is 19.2 Å². The van der Waals surface area contributed by atoms with Crippen molar-refractivity contribution in [3.05, 3.63) is 18.2 Å². The molecule has 1 atom stereocenters. The largest absolute Gasteiger partial charge is 0.486 e. The van der Waals surface area contributed by atoms with E-state index in [1.807, 2.05) is 0 Å². The highest BCUT2D eigenvalue weighted by Crippen LogP contribution is 2.34. The lowest BCUT2D eigenvalue weighted by atomic mass is 9.98. The van der Waals surface area contributed by atoms with Gasteiger partial charge < -0.3 is 18.9 Å². The molecule has 9 nitrogen and oxygen atoms in total. The first-order chi connectivity index (χ1) is 13.3. The van der Waals surface area contributed by atoms with Gasteiger partial charge in [0.1, 0.15) is 13.2 Å². The van der Waals surface area contributed by atoms with Crippen LogP contribution in [0.5, 0.6) is 11.5 Å². The van der Waals surface area contributed by atoms with Gasteiger partial charge in [-0.05, 0) is 31.9 Å². The second kappa shape index (κ2) is 8.36. The Hall–Kier alpha value is -2.33. The first kappa shape index (κ1) is 20.4. The number of hydrogen-bond donors (Lipinski definition) is 0. The molecule has 28 heavy (non-hydrogen) atoms. The Kier molecular flexibility index (Phi) is 6.09. The number of piperidine rings is 1. The molecule has 2 heterocycles. The van der Waals surface area contributed by atoms with E-state index in [4.69, 9.17) is 14.2 Å². The van der Waals surface area contributed by atoms with Crippen molar-refractivity contribution in [2.45, 2.75) is 30.8 Å². The molecule has 10 heteroatoms. The molecule has 2 aliphatic rings. The number of hydrogen-bond acceptors (Lipinski definition) is 8. The van der Waals surface area contributed by atoms with Crippen molar-refractivity contribution in [3.8, 4) is 11.5 Å². The number of benzene rings is 1. The van der Waals surface area contributed by atoms with Gasteiger partial charge in [-0.1, -0.05) is 0 Å². The fraction of sp³-hybridized carbons (Fsp3) is 0.556. The number of rotatable bonds is 5. The average molecular weight is 413 g/mol. The van der Waals surface area contributed by atoms with E-state index in [2.05, 4.69) is 4.74 Å². The average Bonchev–Trinajstić information content (AvgIpc) is 2.72. The van der Waals surface area contributed by atoms with Crippen molar-refractivity contribution in [3.63, 3.8) is 0 Å². The van der Waals surface area contributed by atoms with Gasteiger partial charge in [-0.3, -0.25) is 4.79 Å². The van der Waals surface area contributed by atoms with E-state index < -0.39 is 34.0 Å². The maximum absolute atomic E-state index is 12.9. The van der Waals surface area contributed by atoms with Gasteiger partial charge in [0.25, 0.3) is 0 Å². The van der Waals surface area contributed by atoms with Crippen LogP contribution in [0.1, 0.15) is 19.8 Å². The summed E-state index contributed by atoms with van der Waals surface area (Å²) in [5, 5.41) is 0. The zero-order valence-electron chi connectivity index (χ0n) is 15.8. The molecule has 1 unspecified atom stereocenters. The Balaban J connectivity index is 1.62. The van der Waals surface area contributed by atoms with E-state index in [0.29, 0.717) is 37.6 Å². The minimum atomic E-state index is -3.71. The van der Waals surface area contributed by atoms with Gasteiger partial charge in [0.2, 0.25) is 10.0 Å². The molecule has 1 aromatic carbocycles. The summed E-state index contributed by atoms with van der Waals surface area (Å²) >= 11 is 0. The zero-order chi connectivity index (χ0) is 20.3. The number of esters is 2. The van der Waals surface area contributed by atoms with Crippen LogP contribution in [-0.4, -0.2) is 64.2 Å². The predicted molar refractivity (Wildman–Crippen MR) is 96.5 cm³/mol. The zero-order valence-corrected chi connectivity index (χ0v) is 16.6. The van der Waals surface area contributed by atoms with Crippen molar-refractivity contribution in [2.24, 2.45) is 5.92 Å². The van der Waals surface area contributed by atoms with Crippen LogP contribution in [0.25, 0.3) is 0 Å². The molecule has 1 saturated heterocycles. The molecule has 0 N–H and O–H groups in total. The second-order valence-electron chi connectivity index (χ2n) is 6.59. The summed E-state index contributed by atoms with van der Waals surface area (Å²) in [7, 11) is -2.50. The molecular formula is C18H23NO8S. The van der Waals surface area contributed by atoms with Gasteiger partial charge in [0.05, 0.1) is 17.9 Å². The highest BCUT2D eigenvalue weighted by Gasteiger charge is 2.34. The first-order valence-electron chi connectivity index (χ1n) is 9.01. The van der Waals surface area contributed by atoms with Crippen LogP contribution in [0, 0.1) is 5.92 Å². The SMILES string of the molecule is COC(=O)C(C)OC(=O)C1CCN(S(=O)(=O)c2ccc3c(c2)OCCO3)CC1. The molecule has 0 saturated carbocycles. The Morgan fingerprint density at radius 3 is 2.43 bits per heavy atom. The topological polar surface area (TPSA) is 108 Å². The normalized spacial score (nSPS) is 18.9. The van der Waals surface area contributed by atoms with Crippen molar-refractivity contribution >= 4 is 22.0 Å². The maximum atomic E-state index is 12.9. The molecule has 1 fully saturated rings. The van der Waals surface area contributed by atoms with Crippen molar-refractivity contribution in [1.29, 1.82) is 0 Å². The fourth-order valence-corrected chi connectivity index (χ4v) is 4.64. The maximum Gasteiger partial charge on any atom is 0.346 e. The summed E-state index contributed by atoms with van der Waals surface area (Å²) in [4.78, 5) is 23.7. The number of fused-ring (bicyclic) bond motifs is 1. The number of carbonyl (C=O) groups is 2. The van der Waals surface area contributed by atoms with Crippen LogP contribution in [-0.2, 0) is 29.1 Å². The Bertz CT molecular complexity index is 845. The fourth-order valence-electron chi connectivity index (χ4n) is 3.15. The third-order valence-electron chi connectivity index (χ3n) is 4.76. The summed E-state index contributed by atoms with van der Waals surface area (Å²) in [6.07, 6.45) is -0.357. The lowest BCUT2D eigenvalue weighted by Gasteiger charge is -2.30. The highest BCUT2D eigenvalue weighted by atomic mass is 32.2. The van der Waals surface area contributed by atoms with Gasteiger partial charge in [0.15, 0.2) is 17.6 Å². The molecule has 0 bridgehead atoms. The van der Waals surface area contributed by atoms with Gasteiger partial charge in [-0.2, -0.15) is 4.31 Å². The minimum Gasteiger partial charge on any atom is -0.486 e. The molecule has 1 aromatic rings. The predicted octanol–water partition coefficient (Wildman–Crippen LogP) is 0.963. The van der Waals surface area contributed by atoms with Crippen molar-refractivity contribution < 1.29 is 37.0 Å². The minimum absolute atomic E-state index is 0.122. The van der Waals surface area contributed by atoms with Crippen LogP contribution >= 0.6 is 0 Å². The van der Waals surface area contributed by atoms with E-state index in [9.17, 15) is 18.0 Å². The van der Waals surface area contributed by atoms with Crippen LogP contribution in [0.2, 0.25) is 0 Å². The lowest BCUT2D eigenvalue weighted by molar-refractivity contribution is -0.168. The number of methoxy groups -OCH3 is 1. The molecule has 3 rings (SSSR count). The summed E-state index contributed by atoms with van der Waals surface area (Å²) in [5.74, 6) is -0.686. The smallest absolute Gasteiger partial charge is 0.346 e. The summed E-state index contributed by atoms with van der Waals surface area (Å²) in [5.41, 5.74) is 0. The Labute approximate surface area is 163 Å². The third kappa shape index (κ3) is 4.22. The van der Waals surface area contributed by atoms with E-state index in [1.165, 1.54) is 30.5 Å². The third-order valence-corrected chi connectivity index (χ3v) is 6.66. The van der Waals surface area contributed by atoms with E-state index in [1.54, 1.807) is 6.07 Å². The Morgan fingerprint density at radius 1 is 1.14 bits per heavy atom. The number of carbonyl (C=O) groups excluding carboxylic acids is 2. The van der Waals surface area contributed by atoms with Crippen LogP contribution in [0.4, 0.5) is 0 Å². The van der Waals surface area contributed by atoms with Crippen LogP contribution in [0.15, 0.2) is 23.1 Å². The molecule has 0 radical (unpaired) electrons. The second-order valence-corrected chi connectivity index (χ2v) is 8.52.